The van der Waals surface area contributed by atoms with E-state index in [0.717, 1.165) is 23.3 Å². The van der Waals surface area contributed by atoms with Crippen molar-refractivity contribution in [1.29, 1.82) is 0 Å². The Morgan fingerprint density at radius 1 is 1.29 bits per heavy atom. The fraction of sp³-hybridized carbons (Fsp3) is 0.619. The molecule has 0 radical (unpaired) electrons. The predicted octanol–water partition coefficient (Wildman–Crippen LogP) is 2.47. The van der Waals surface area contributed by atoms with Crippen molar-refractivity contribution in [3.8, 4) is 5.75 Å². The normalized spacial score (nSPS) is 20.0. The number of hydrogen-bond acceptors (Lipinski definition) is 5. The minimum Gasteiger partial charge on any atom is -0.490 e. The first kappa shape index (κ1) is 23.5. The van der Waals surface area contributed by atoms with Crippen LogP contribution >= 0.6 is 0 Å². The van der Waals surface area contributed by atoms with Crippen molar-refractivity contribution >= 4 is 22.0 Å². The Morgan fingerprint density at radius 2 is 1.97 bits per heavy atom. The zero-order valence-electron chi connectivity index (χ0n) is 18.1. The van der Waals surface area contributed by atoms with E-state index in [1.807, 2.05) is 20.8 Å². The summed E-state index contributed by atoms with van der Waals surface area (Å²) in [4.78, 5) is 24.7. The molecular formula is C21H30FN3O5S. The van der Waals surface area contributed by atoms with Crippen LogP contribution in [0.5, 0.6) is 5.75 Å². The number of imide groups is 1. The van der Waals surface area contributed by atoms with Gasteiger partial charge in [0.25, 0.3) is 0 Å². The molecule has 3 rings (SSSR count). The molecule has 0 spiro atoms. The van der Waals surface area contributed by atoms with Crippen LogP contribution in [-0.4, -0.2) is 43.8 Å². The van der Waals surface area contributed by atoms with E-state index in [1.165, 1.54) is 6.07 Å². The Labute approximate surface area is 182 Å². The smallest absolute Gasteiger partial charge is 0.325 e. The summed E-state index contributed by atoms with van der Waals surface area (Å²) in [6, 6.07) is 4.04. The predicted molar refractivity (Wildman–Crippen MR) is 113 cm³/mol. The van der Waals surface area contributed by atoms with E-state index in [0.29, 0.717) is 13.0 Å². The molecular weight excluding hydrogens is 425 g/mol. The molecule has 1 aromatic rings. The Kier molecular flexibility index (Phi) is 6.61. The van der Waals surface area contributed by atoms with Crippen LogP contribution in [0.3, 0.4) is 0 Å². The molecule has 172 valence electrons. The minimum absolute atomic E-state index is 0.0929. The average Bonchev–Trinajstić information content (AvgIpc) is 3.40. The van der Waals surface area contributed by atoms with Crippen LogP contribution in [0.15, 0.2) is 18.2 Å². The summed E-state index contributed by atoms with van der Waals surface area (Å²) in [5.74, 6) is -0.713. The zero-order chi connectivity index (χ0) is 23.0. The standard InChI is InChI=1S/C21H30FN3O5S/c1-4-14(10-19(31(23,28)29)25-11-18(26)24-20(25)27)21(7-8-21)15-5-6-16(22)17(9-15)30-12-13(2)3/h5-6,9,13-14,19H,4,7-8,10-12H2,1-3H3,(H2,23,28,29)(H,24,26,27). The molecule has 0 bridgehead atoms. The van der Waals surface area contributed by atoms with Crippen LogP contribution in [0, 0.1) is 17.7 Å². The van der Waals surface area contributed by atoms with Gasteiger partial charge in [0.15, 0.2) is 16.9 Å². The summed E-state index contributed by atoms with van der Waals surface area (Å²) < 4.78 is 44.5. The van der Waals surface area contributed by atoms with Gasteiger partial charge in [0, 0.05) is 0 Å². The Bertz CT molecular complexity index is 962. The van der Waals surface area contributed by atoms with E-state index in [-0.39, 0.29) is 36.0 Å². The number of rotatable bonds is 10. The number of carbonyl (C=O) groups excluding carboxylic acids is 2. The molecule has 1 aromatic carbocycles. The van der Waals surface area contributed by atoms with Gasteiger partial charge in [0.1, 0.15) is 6.54 Å². The largest absolute Gasteiger partial charge is 0.490 e. The maximum absolute atomic E-state index is 14.3. The molecule has 10 heteroatoms. The molecule has 8 nitrogen and oxygen atoms in total. The molecule has 1 heterocycles. The van der Waals surface area contributed by atoms with E-state index in [2.05, 4.69) is 5.32 Å². The fourth-order valence-electron chi connectivity index (χ4n) is 4.40. The first-order chi connectivity index (χ1) is 14.5. The summed E-state index contributed by atoms with van der Waals surface area (Å²) >= 11 is 0. The summed E-state index contributed by atoms with van der Waals surface area (Å²) in [5.41, 5.74) is 0.538. The van der Waals surface area contributed by atoms with Crippen molar-refractivity contribution in [2.45, 2.75) is 57.2 Å². The highest BCUT2D eigenvalue weighted by Gasteiger charge is 2.52. The monoisotopic (exact) mass is 455 g/mol. The van der Waals surface area contributed by atoms with Crippen molar-refractivity contribution in [2.24, 2.45) is 17.0 Å². The number of nitrogens with one attached hydrogen (secondary N) is 1. The van der Waals surface area contributed by atoms with Gasteiger partial charge in [-0.05, 0) is 54.2 Å². The second-order valence-corrected chi connectivity index (χ2v) is 10.6. The van der Waals surface area contributed by atoms with Gasteiger partial charge in [-0.1, -0.05) is 33.3 Å². The quantitative estimate of drug-likeness (QED) is 0.526. The van der Waals surface area contributed by atoms with E-state index < -0.39 is 33.2 Å². The second-order valence-electron chi connectivity index (χ2n) is 8.87. The molecule has 3 amide bonds. The lowest BCUT2D eigenvalue weighted by Crippen LogP contribution is -2.47. The molecule has 2 atom stereocenters. The third kappa shape index (κ3) is 5.01. The van der Waals surface area contributed by atoms with Gasteiger partial charge in [-0.15, -0.1) is 0 Å². The van der Waals surface area contributed by atoms with Gasteiger partial charge >= 0.3 is 6.03 Å². The van der Waals surface area contributed by atoms with Gasteiger partial charge in [0.05, 0.1) is 6.61 Å². The molecule has 1 saturated heterocycles. The lowest BCUT2D eigenvalue weighted by atomic mass is 9.79. The first-order valence-corrected chi connectivity index (χ1v) is 12.1. The highest BCUT2D eigenvalue weighted by atomic mass is 32.2. The molecule has 1 aliphatic heterocycles. The van der Waals surface area contributed by atoms with Gasteiger partial charge in [-0.3, -0.25) is 15.0 Å². The Balaban J connectivity index is 1.88. The molecule has 1 saturated carbocycles. The summed E-state index contributed by atoms with van der Waals surface area (Å²) in [6.07, 6.45) is 2.34. The molecule has 2 fully saturated rings. The number of ether oxygens (including phenoxy) is 1. The van der Waals surface area contributed by atoms with Crippen LogP contribution in [0.1, 0.15) is 52.0 Å². The summed E-state index contributed by atoms with van der Waals surface area (Å²) in [7, 11) is -4.13. The third-order valence-corrected chi connectivity index (χ3v) is 7.38. The second kappa shape index (κ2) is 8.74. The summed E-state index contributed by atoms with van der Waals surface area (Å²) in [6.45, 7) is 5.94. The number of hydrogen-bond donors (Lipinski definition) is 2. The number of urea groups is 1. The molecule has 2 aliphatic rings. The SMILES string of the molecule is CCC(CC(N1CC(=O)NC1=O)S(N)(=O)=O)C1(c2ccc(F)c(OCC(C)C)c2)CC1. The van der Waals surface area contributed by atoms with Gasteiger partial charge < -0.3 is 4.74 Å². The Hall–Kier alpha value is -2.20. The zero-order valence-corrected chi connectivity index (χ0v) is 18.9. The van der Waals surface area contributed by atoms with E-state index in [9.17, 15) is 22.4 Å². The number of nitrogens with zero attached hydrogens (tertiary/aromatic N) is 1. The lowest BCUT2D eigenvalue weighted by Gasteiger charge is -2.32. The number of amides is 3. The topological polar surface area (TPSA) is 119 Å². The minimum atomic E-state index is -4.13. The van der Waals surface area contributed by atoms with Crippen LogP contribution in [-0.2, 0) is 20.2 Å². The van der Waals surface area contributed by atoms with E-state index in [4.69, 9.17) is 9.88 Å². The first-order valence-electron chi connectivity index (χ1n) is 10.5. The average molecular weight is 456 g/mol. The molecule has 2 unspecified atom stereocenters. The van der Waals surface area contributed by atoms with Crippen LogP contribution < -0.4 is 15.2 Å². The van der Waals surface area contributed by atoms with E-state index >= 15 is 0 Å². The molecule has 1 aliphatic carbocycles. The highest BCUT2D eigenvalue weighted by molar-refractivity contribution is 7.89. The summed E-state index contributed by atoms with van der Waals surface area (Å²) in [5, 5.41) is 6.25. The van der Waals surface area contributed by atoms with Crippen LogP contribution in [0.4, 0.5) is 9.18 Å². The van der Waals surface area contributed by atoms with Gasteiger partial charge in [0.2, 0.25) is 15.9 Å². The van der Waals surface area contributed by atoms with Crippen molar-refractivity contribution in [3.63, 3.8) is 0 Å². The van der Waals surface area contributed by atoms with E-state index in [1.54, 1.807) is 12.1 Å². The van der Waals surface area contributed by atoms with Crippen LogP contribution in [0.2, 0.25) is 0 Å². The number of halogens is 1. The van der Waals surface area contributed by atoms with Crippen LogP contribution in [0.25, 0.3) is 0 Å². The number of nitrogens with two attached hydrogens (primary N) is 1. The Morgan fingerprint density at radius 3 is 2.45 bits per heavy atom. The van der Waals surface area contributed by atoms with Crippen molar-refractivity contribution in [3.05, 3.63) is 29.6 Å². The molecule has 0 aromatic heterocycles. The number of carbonyl (C=O) groups is 2. The van der Waals surface area contributed by atoms with Crippen molar-refractivity contribution in [1.82, 2.24) is 10.2 Å². The van der Waals surface area contributed by atoms with Gasteiger partial charge in [-0.25, -0.2) is 22.7 Å². The number of sulfonamides is 1. The number of primary sulfonamides is 1. The maximum Gasteiger partial charge on any atom is 0.325 e. The molecule has 3 N–H and O–H groups in total. The maximum atomic E-state index is 14.3. The third-order valence-electron chi connectivity index (χ3n) is 6.18. The lowest BCUT2D eigenvalue weighted by molar-refractivity contribution is -0.118. The van der Waals surface area contributed by atoms with Gasteiger partial charge in [-0.2, -0.15) is 0 Å². The highest BCUT2D eigenvalue weighted by Crippen LogP contribution is 2.57. The molecule has 31 heavy (non-hydrogen) atoms. The number of benzene rings is 1. The van der Waals surface area contributed by atoms with Crippen molar-refractivity contribution in [2.75, 3.05) is 13.2 Å². The fourth-order valence-corrected chi connectivity index (χ4v) is 5.43. The van der Waals surface area contributed by atoms with Crippen molar-refractivity contribution < 1.29 is 27.1 Å².